The van der Waals surface area contributed by atoms with Gasteiger partial charge in [0.25, 0.3) is 0 Å². The Morgan fingerprint density at radius 1 is 1.67 bits per heavy atom. The molecule has 4 nitrogen and oxygen atoms in total. The van der Waals surface area contributed by atoms with Crippen LogP contribution in [0.25, 0.3) is 0 Å². The van der Waals surface area contributed by atoms with E-state index in [9.17, 15) is 4.79 Å². The summed E-state index contributed by atoms with van der Waals surface area (Å²) in [6, 6.07) is 1.47. The minimum absolute atomic E-state index is 0.0800. The van der Waals surface area contributed by atoms with E-state index in [1.165, 1.54) is 12.3 Å². The van der Waals surface area contributed by atoms with E-state index in [2.05, 4.69) is 17.2 Å². The van der Waals surface area contributed by atoms with Crippen LogP contribution in [-0.4, -0.2) is 21.6 Å². The van der Waals surface area contributed by atoms with E-state index in [-0.39, 0.29) is 16.1 Å². The second-order valence-electron chi connectivity index (χ2n) is 4.04. The van der Waals surface area contributed by atoms with E-state index in [4.69, 9.17) is 16.7 Å². The standard InChI is InChI=1S/C10H11ClN2O2/c1-10(2-3-10)13-8-4-6(9(14)15)7(11)5-12-8/h4-5H,2-3H2,1H3,(H,12,13)(H,14,15). The molecule has 0 saturated heterocycles. The molecule has 2 rings (SSSR count). The summed E-state index contributed by atoms with van der Waals surface area (Å²) in [4.78, 5) is 14.9. The highest BCUT2D eigenvalue weighted by Crippen LogP contribution is 2.37. The molecule has 0 unspecified atom stereocenters. The zero-order valence-corrected chi connectivity index (χ0v) is 9.01. The summed E-state index contributed by atoms with van der Waals surface area (Å²) >= 11 is 5.71. The smallest absolute Gasteiger partial charge is 0.337 e. The summed E-state index contributed by atoms with van der Waals surface area (Å²) < 4.78 is 0. The average molecular weight is 227 g/mol. The second-order valence-corrected chi connectivity index (χ2v) is 4.45. The SMILES string of the molecule is CC1(Nc2cc(C(=O)O)c(Cl)cn2)CC1. The van der Waals surface area contributed by atoms with Crippen LogP contribution in [-0.2, 0) is 0 Å². The van der Waals surface area contributed by atoms with E-state index in [0.717, 1.165) is 12.8 Å². The van der Waals surface area contributed by atoms with Gasteiger partial charge in [0.05, 0.1) is 10.6 Å². The van der Waals surface area contributed by atoms with Crippen LogP contribution < -0.4 is 5.32 Å². The van der Waals surface area contributed by atoms with Crippen LogP contribution in [0.15, 0.2) is 12.3 Å². The molecule has 1 aromatic heterocycles. The molecule has 0 bridgehead atoms. The largest absolute Gasteiger partial charge is 0.478 e. The van der Waals surface area contributed by atoms with Crippen molar-refractivity contribution in [2.75, 3.05) is 5.32 Å². The van der Waals surface area contributed by atoms with Crippen molar-refractivity contribution in [2.24, 2.45) is 0 Å². The van der Waals surface area contributed by atoms with Gasteiger partial charge in [-0.15, -0.1) is 0 Å². The molecule has 1 aliphatic rings. The van der Waals surface area contributed by atoms with Crippen LogP contribution in [0, 0.1) is 0 Å². The molecule has 0 aromatic carbocycles. The highest BCUT2D eigenvalue weighted by molar-refractivity contribution is 6.33. The number of hydrogen-bond acceptors (Lipinski definition) is 3. The maximum atomic E-state index is 10.8. The van der Waals surface area contributed by atoms with Crippen LogP contribution in [0.5, 0.6) is 0 Å². The van der Waals surface area contributed by atoms with E-state index in [1.807, 2.05) is 0 Å². The Morgan fingerprint density at radius 3 is 2.87 bits per heavy atom. The first-order valence-corrected chi connectivity index (χ1v) is 5.05. The molecule has 1 aromatic rings. The van der Waals surface area contributed by atoms with Gasteiger partial charge in [-0.2, -0.15) is 0 Å². The molecular weight excluding hydrogens is 216 g/mol. The van der Waals surface area contributed by atoms with Crippen molar-refractivity contribution < 1.29 is 9.90 Å². The number of halogens is 1. The Labute approximate surface area is 92.3 Å². The average Bonchev–Trinajstić information content (AvgIpc) is 2.87. The number of anilines is 1. The Morgan fingerprint density at radius 2 is 2.33 bits per heavy atom. The van der Waals surface area contributed by atoms with Gasteiger partial charge in [-0.3, -0.25) is 0 Å². The number of carboxylic acids is 1. The maximum Gasteiger partial charge on any atom is 0.337 e. The zero-order chi connectivity index (χ0) is 11.1. The van der Waals surface area contributed by atoms with Gasteiger partial charge in [-0.05, 0) is 25.8 Å². The number of rotatable bonds is 3. The highest BCUT2D eigenvalue weighted by atomic mass is 35.5. The third kappa shape index (κ3) is 2.21. The van der Waals surface area contributed by atoms with Crippen molar-refractivity contribution in [3.05, 3.63) is 22.8 Å². The first-order valence-electron chi connectivity index (χ1n) is 4.67. The molecule has 1 fully saturated rings. The molecule has 0 amide bonds. The fourth-order valence-electron chi connectivity index (χ4n) is 1.29. The molecule has 15 heavy (non-hydrogen) atoms. The number of carboxylic acid groups (broad SMARTS) is 1. The van der Waals surface area contributed by atoms with Gasteiger partial charge < -0.3 is 10.4 Å². The fraction of sp³-hybridized carbons (Fsp3) is 0.400. The van der Waals surface area contributed by atoms with Gasteiger partial charge in [0.2, 0.25) is 0 Å². The Balaban J connectivity index is 2.26. The minimum Gasteiger partial charge on any atom is -0.478 e. The maximum absolute atomic E-state index is 10.8. The molecule has 0 spiro atoms. The fourth-order valence-corrected chi connectivity index (χ4v) is 1.48. The van der Waals surface area contributed by atoms with Gasteiger partial charge in [-0.1, -0.05) is 11.6 Å². The Hall–Kier alpha value is -1.29. The Kier molecular flexibility index (Phi) is 2.31. The molecule has 1 aliphatic carbocycles. The first-order chi connectivity index (χ1) is 7.00. The normalized spacial score (nSPS) is 17.2. The molecule has 1 saturated carbocycles. The zero-order valence-electron chi connectivity index (χ0n) is 8.25. The molecular formula is C10H11ClN2O2. The van der Waals surface area contributed by atoms with E-state index in [0.29, 0.717) is 5.82 Å². The number of carbonyl (C=O) groups is 1. The van der Waals surface area contributed by atoms with E-state index < -0.39 is 5.97 Å². The lowest BCUT2D eigenvalue weighted by Gasteiger charge is -2.12. The first kappa shape index (κ1) is 10.2. The quantitative estimate of drug-likeness (QED) is 0.831. The minimum atomic E-state index is -1.04. The lowest BCUT2D eigenvalue weighted by molar-refractivity contribution is 0.0697. The van der Waals surface area contributed by atoms with Gasteiger partial charge in [0.15, 0.2) is 0 Å². The summed E-state index contributed by atoms with van der Waals surface area (Å²) in [5.74, 6) is -0.469. The van der Waals surface area contributed by atoms with Gasteiger partial charge in [0.1, 0.15) is 5.82 Å². The number of aromatic nitrogens is 1. The summed E-state index contributed by atoms with van der Waals surface area (Å²) in [6.45, 7) is 2.07. The number of nitrogens with zero attached hydrogens (tertiary/aromatic N) is 1. The molecule has 0 aliphatic heterocycles. The van der Waals surface area contributed by atoms with Crippen LogP contribution in [0.1, 0.15) is 30.1 Å². The van der Waals surface area contributed by atoms with Crippen molar-refractivity contribution in [1.29, 1.82) is 0 Å². The monoisotopic (exact) mass is 226 g/mol. The van der Waals surface area contributed by atoms with Crippen LogP contribution in [0.4, 0.5) is 5.82 Å². The molecule has 80 valence electrons. The number of pyridine rings is 1. The van der Waals surface area contributed by atoms with Crippen molar-refractivity contribution in [3.8, 4) is 0 Å². The lowest BCUT2D eigenvalue weighted by Crippen LogP contribution is -2.17. The van der Waals surface area contributed by atoms with E-state index in [1.54, 1.807) is 0 Å². The molecule has 2 N–H and O–H groups in total. The number of aromatic carboxylic acids is 1. The summed E-state index contributed by atoms with van der Waals surface area (Å²) in [7, 11) is 0. The van der Waals surface area contributed by atoms with Crippen LogP contribution in [0.3, 0.4) is 0 Å². The summed E-state index contributed by atoms with van der Waals surface area (Å²) in [5, 5.41) is 12.2. The highest BCUT2D eigenvalue weighted by Gasteiger charge is 2.37. The molecule has 5 heteroatoms. The molecule has 0 atom stereocenters. The third-order valence-electron chi connectivity index (χ3n) is 2.52. The van der Waals surface area contributed by atoms with Crippen molar-refractivity contribution in [2.45, 2.75) is 25.3 Å². The van der Waals surface area contributed by atoms with Crippen molar-refractivity contribution in [3.63, 3.8) is 0 Å². The predicted molar refractivity (Wildman–Crippen MR) is 57.5 cm³/mol. The van der Waals surface area contributed by atoms with Gasteiger partial charge in [-0.25, -0.2) is 9.78 Å². The van der Waals surface area contributed by atoms with Crippen molar-refractivity contribution in [1.82, 2.24) is 4.98 Å². The second kappa shape index (κ2) is 3.38. The topological polar surface area (TPSA) is 62.2 Å². The number of nitrogens with one attached hydrogen (secondary N) is 1. The molecule has 1 heterocycles. The van der Waals surface area contributed by atoms with E-state index >= 15 is 0 Å². The van der Waals surface area contributed by atoms with Gasteiger partial charge >= 0.3 is 5.97 Å². The third-order valence-corrected chi connectivity index (χ3v) is 2.82. The summed E-state index contributed by atoms with van der Waals surface area (Å²) in [5.41, 5.74) is 0.162. The summed E-state index contributed by atoms with van der Waals surface area (Å²) in [6.07, 6.45) is 3.53. The Bertz CT molecular complexity index is 416. The lowest BCUT2D eigenvalue weighted by atomic mass is 10.2. The van der Waals surface area contributed by atoms with Gasteiger partial charge in [0, 0.05) is 11.7 Å². The molecule has 0 radical (unpaired) electrons. The van der Waals surface area contributed by atoms with Crippen LogP contribution in [0.2, 0.25) is 5.02 Å². The predicted octanol–water partition coefficient (Wildman–Crippen LogP) is 2.40. The number of hydrogen-bond donors (Lipinski definition) is 2. The van der Waals surface area contributed by atoms with Crippen LogP contribution >= 0.6 is 11.6 Å². The van der Waals surface area contributed by atoms with Crippen molar-refractivity contribution >= 4 is 23.4 Å².